The fourth-order valence-electron chi connectivity index (χ4n) is 3.80. The number of H-pyrrole nitrogens is 1. The van der Waals surface area contributed by atoms with Gasteiger partial charge in [0.05, 0.1) is 18.2 Å². The second-order valence-electron chi connectivity index (χ2n) is 7.32. The van der Waals surface area contributed by atoms with E-state index in [2.05, 4.69) is 15.1 Å². The maximum atomic E-state index is 13.3. The van der Waals surface area contributed by atoms with Gasteiger partial charge in [0.2, 0.25) is 5.91 Å². The molecule has 7 heteroatoms. The van der Waals surface area contributed by atoms with Crippen LogP contribution in [0.1, 0.15) is 34.3 Å². The van der Waals surface area contributed by atoms with E-state index < -0.39 is 0 Å². The smallest absolute Gasteiger partial charge is 0.266 e. The quantitative estimate of drug-likeness (QED) is 0.557. The van der Waals surface area contributed by atoms with Crippen molar-refractivity contribution < 1.29 is 4.79 Å². The molecule has 3 aromatic heterocycles. The minimum Gasteiger partial charge on any atom is -0.333 e. The Bertz CT molecular complexity index is 1210. The summed E-state index contributed by atoms with van der Waals surface area (Å²) in [6.45, 7) is 3.74. The molecule has 0 saturated heterocycles. The lowest BCUT2D eigenvalue weighted by atomic mass is 10.0. The summed E-state index contributed by atoms with van der Waals surface area (Å²) in [5.74, 6) is -0.0589. The first-order valence-electron chi connectivity index (χ1n) is 9.75. The van der Waals surface area contributed by atoms with Crippen LogP contribution in [0.2, 0.25) is 0 Å². The van der Waals surface area contributed by atoms with Gasteiger partial charge in [-0.3, -0.25) is 19.7 Å². The summed E-state index contributed by atoms with van der Waals surface area (Å²) in [4.78, 5) is 35.7. The molecule has 152 valence electrons. The van der Waals surface area contributed by atoms with E-state index in [4.69, 9.17) is 0 Å². The fraction of sp³-hybridized carbons (Fsp3) is 0.217. The molecule has 0 bridgehead atoms. The molecule has 4 aromatic rings. The number of aryl methyl sites for hydroxylation is 2. The van der Waals surface area contributed by atoms with Gasteiger partial charge in [0.25, 0.3) is 5.56 Å². The van der Waals surface area contributed by atoms with Crippen molar-refractivity contribution in [2.24, 2.45) is 0 Å². The molecule has 1 aromatic carbocycles. The minimum atomic E-state index is -0.302. The average molecular weight is 401 g/mol. The van der Waals surface area contributed by atoms with E-state index in [1.54, 1.807) is 22.7 Å². The van der Waals surface area contributed by atoms with Gasteiger partial charge in [-0.15, -0.1) is 0 Å². The van der Waals surface area contributed by atoms with Crippen molar-refractivity contribution >= 4 is 11.6 Å². The number of rotatable bonds is 5. The first-order chi connectivity index (χ1) is 14.5. The number of carbonyl (C=O) groups excluding carboxylic acids is 1. The van der Waals surface area contributed by atoms with Gasteiger partial charge in [-0.25, -0.2) is 9.50 Å². The molecule has 0 aliphatic heterocycles. The second kappa shape index (κ2) is 7.94. The number of benzene rings is 1. The highest BCUT2D eigenvalue weighted by Gasteiger charge is 2.26. The number of carbonyl (C=O) groups is 1. The second-order valence-corrected chi connectivity index (χ2v) is 7.32. The largest absolute Gasteiger partial charge is 0.333 e. The molecule has 1 amide bonds. The van der Waals surface area contributed by atoms with Crippen LogP contribution in [0.3, 0.4) is 0 Å². The summed E-state index contributed by atoms with van der Waals surface area (Å²) in [5.41, 5.74) is 4.47. The van der Waals surface area contributed by atoms with Crippen LogP contribution in [0.25, 0.3) is 5.65 Å². The maximum Gasteiger partial charge on any atom is 0.266 e. The van der Waals surface area contributed by atoms with Gasteiger partial charge in [-0.1, -0.05) is 36.4 Å². The Labute approximate surface area is 174 Å². The lowest BCUT2D eigenvalue weighted by Gasteiger charge is -2.29. The maximum absolute atomic E-state index is 13.3. The highest BCUT2D eigenvalue weighted by Crippen LogP contribution is 2.27. The Morgan fingerprint density at radius 3 is 2.57 bits per heavy atom. The Kier molecular flexibility index (Phi) is 5.18. The Morgan fingerprint density at radius 1 is 1.13 bits per heavy atom. The Hall–Kier alpha value is -3.74. The monoisotopic (exact) mass is 401 g/mol. The van der Waals surface area contributed by atoms with Crippen LogP contribution in [0.4, 0.5) is 0 Å². The zero-order chi connectivity index (χ0) is 21.3. The fourth-order valence-corrected chi connectivity index (χ4v) is 3.80. The Balaban J connectivity index is 1.70. The molecule has 0 aliphatic rings. The molecular formula is C23H23N5O2. The molecule has 0 spiro atoms. The van der Waals surface area contributed by atoms with Gasteiger partial charge in [0.15, 0.2) is 5.65 Å². The van der Waals surface area contributed by atoms with Crippen molar-refractivity contribution in [3.05, 3.63) is 99.4 Å². The number of aromatic nitrogens is 4. The predicted octanol–water partition coefficient (Wildman–Crippen LogP) is 2.82. The van der Waals surface area contributed by atoms with Gasteiger partial charge in [-0.05, 0) is 31.5 Å². The van der Waals surface area contributed by atoms with E-state index in [0.29, 0.717) is 5.65 Å². The third-order valence-corrected chi connectivity index (χ3v) is 5.39. The van der Waals surface area contributed by atoms with Crippen LogP contribution >= 0.6 is 0 Å². The predicted molar refractivity (Wildman–Crippen MR) is 114 cm³/mol. The molecule has 0 radical (unpaired) electrons. The molecule has 3 heterocycles. The molecule has 4 rings (SSSR count). The first-order valence-corrected chi connectivity index (χ1v) is 9.75. The number of likely N-dealkylation sites (N-methyl/N-ethyl adjacent to an activating group) is 1. The zero-order valence-electron chi connectivity index (χ0n) is 17.2. The van der Waals surface area contributed by atoms with Crippen molar-refractivity contribution in [2.45, 2.75) is 26.3 Å². The lowest BCUT2D eigenvalue weighted by molar-refractivity contribution is -0.130. The molecular weight excluding hydrogens is 378 g/mol. The Morgan fingerprint density at radius 2 is 1.87 bits per heavy atom. The molecule has 1 unspecified atom stereocenters. The van der Waals surface area contributed by atoms with Crippen LogP contribution in [0.5, 0.6) is 0 Å². The summed E-state index contributed by atoms with van der Waals surface area (Å²) < 4.78 is 1.63. The number of aromatic amines is 1. The molecule has 1 N–H and O–H groups in total. The van der Waals surface area contributed by atoms with Crippen LogP contribution in [-0.4, -0.2) is 37.4 Å². The minimum absolute atomic E-state index is 0.0589. The number of pyridine rings is 1. The van der Waals surface area contributed by atoms with Gasteiger partial charge >= 0.3 is 0 Å². The molecule has 7 nitrogen and oxygen atoms in total. The van der Waals surface area contributed by atoms with Gasteiger partial charge in [0.1, 0.15) is 0 Å². The summed E-state index contributed by atoms with van der Waals surface area (Å²) in [7, 11) is 1.79. The molecule has 1 atom stereocenters. The van der Waals surface area contributed by atoms with Crippen molar-refractivity contribution in [1.82, 2.24) is 24.5 Å². The topological polar surface area (TPSA) is 83.4 Å². The lowest BCUT2D eigenvalue weighted by Crippen LogP contribution is -2.34. The summed E-state index contributed by atoms with van der Waals surface area (Å²) in [5, 5.41) is 2.73. The number of hydrogen-bond acceptors (Lipinski definition) is 4. The number of hydrogen-bond donors (Lipinski definition) is 1. The van der Waals surface area contributed by atoms with E-state index in [-0.39, 0.29) is 23.9 Å². The van der Waals surface area contributed by atoms with E-state index in [1.807, 2.05) is 62.4 Å². The molecule has 0 saturated carbocycles. The summed E-state index contributed by atoms with van der Waals surface area (Å²) >= 11 is 0. The van der Waals surface area contributed by atoms with E-state index >= 15 is 0 Å². The van der Waals surface area contributed by atoms with E-state index in [9.17, 15) is 9.59 Å². The number of amides is 1. The summed E-state index contributed by atoms with van der Waals surface area (Å²) in [6, 6.07) is 16.7. The van der Waals surface area contributed by atoms with Crippen molar-refractivity contribution in [2.75, 3.05) is 7.05 Å². The standard InChI is InChI=1S/C23H23N5O2/c1-15-18(16(2)28-20(25-15)14-21(29)26-28)13-22(30)27(3)23(17-9-5-4-6-10-17)19-11-7-8-12-24-19/h4-12,14,23H,13H2,1-3H3,(H,26,29). The van der Waals surface area contributed by atoms with Crippen LogP contribution in [0, 0.1) is 13.8 Å². The number of nitrogens with one attached hydrogen (secondary N) is 1. The van der Waals surface area contributed by atoms with Crippen molar-refractivity contribution in [1.29, 1.82) is 0 Å². The normalized spacial score (nSPS) is 12.1. The molecule has 30 heavy (non-hydrogen) atoms. The third kappa shape index (κ3) is 3.61. The van der Waals surface area contributed by atoms with Crippen LogP contribution < -0.4 is 5.56 Å². The highest BCUT2D eigenvalue weighted by atomic mass is 16.2. The third-order valence-electron chi connectivity index (χ3n) is 5.39. The molecule has 0 fully saturated rings. The average Bonchev–Trinajstić information content (AvgIpc) is 3.13. The van der Waals surface area contributed by atoms with Gasteiger partial charge < -0.3 is 4.90 Å². The van der Waals surface area contributed by atoms with Gasteiger partial charge in [-0.2, -0.15) is 0 Å². The zero-order valence-corrected chi connectivity index (χ0v) is 17.2. The van der Waals surface area contributed by atoms with Crippen LogP contribution in [-0.2, 0) is 11.2 Å². The summed E-state index contributed by atoms with van der Waals surface area (Å²) in [6.07, 6.45) is 1.91. The number of nitrogens with zero attached hydrogens (tertiary/aromatic N) is 4. The highest BCUT2D eigenvalue weighted by molar-refractivity contribution is 5.80. The molecule has 0 aliphatic carbocycles. The SMILES string of the molecule is Cc1nc2cc(=O)[nH]n2c(C)c1CC(=O)N(C)C(c1ccccc1)c1ccccn1. The van der Waals surface area contributed by atoms with E-state index in [0.717, 1.165) is 28.2 Å². The first kappa shape index (κ1) is 19.6. The van der Waals surface area contributed by atoms with Gasteiger partial charge in [0, 0.05) is 36.3 Å². The number of fused-ring (bicyclic) bond motifs is 1. The van der Waals surface area contributed by atoms with Crippen molar-refractivity contribution in [3.63, 3.8) is 0 Å². The van der Waals surface area contributed by atoms with E-state index in [1.165, 1.54) is 6.07 Å². The van der Waals surface area contributed by atoms with Crippen molar-refractivity contribution in [3.8, 4) is 0 Å². The van der Waals surface area contributed by atoms with Crippen LogP contribution in [0.15, 0.2) is 65.6 Å².